The number of nitriles is 2. The van der Waals surface area contributed by atoms with Crippen LogP contribution in [0.25, 0.3) is 0 Å². The smallest absolute Gasteiger partial charge is 0.311 e. The van der Waals surface area contributed by atoms with E-state index in [-0.39, 0.29) is 35.6 Å². The van der Waals surface area contributed by atoms with Gasteiger partial charge in [0.2, 0.25) is 0 Å². The minimum Gasteiger partial charge on any atom is -0.465 e. The molecule has 1 saturated heterocycles. The second-order valence-electron chi connectivity index (χ2n) is 8.12. The first-order valence-corrected chi connectivity index (χ1v) is 9.02. The summed E-state index contributed by atoms with van der Waals surface area (Å²) in [5.74, 6) is -2.22. The third-order valence-corrected chi connectivity index (χ3v) is 6.57. The Kier molecular flexibility index (Phi) is 4.49. The molecular weight excluding hydrogens is 320 g/mol. The molecule has 2 bridgehead atoms. The number of esters is 2. The Hall–Kier alpha value is -2.08. The molecule has 0 spiro atoms. The molecule has 0 amide bonds. The molecule has 0 aromatic rings. The topological polar surface area (TPSA) is 100 Å². The van der Waals surface area contributed by atoms with E-state index in [1.165, 1.54) is 0 Å². The highest BCUT2D eigenvalue weighted by Gasteiger charge is 2.63. The van der Waals surface area contributed by atoms with Crippen LogP contribution in [0.5, 0.6) is 0 Å². The monoisotopic (exact) mass is 344 g/mol. The lowest BCUT2D eigenvalue weighted by Gasteiger charge is -2.38. The second-order valence-corrected chi connectivity index (χ2v) is 8.12. The summed E-state index contributed by atoms with van der Waals surface area (Å²) in [6.45, 7) is 5.97. The minimum absolute atomic E-state index is 0.0853. The molecule has 6 nitrogen and oxygen atoms in total. The molecule has 0 aromatic carbocycles. The van der Waals surface area contributed by atoms with E-state index >= 15 is 0 Å². The molecule has 0 N–H and O–H groups in total. The van der Waals surface area contributed by atoms with Gasteiger partial charge in [0.05, 0.1) is 41.9 Å². The zero-order valence-electron chi connectivity index (χ0n) is 14.9. The van der Waals surface area contributed by atoms with Gasteiger partial charge in [-0.15, -0.1) is 0 Å². The molecule has 0 radical (unpaired) electrons. The summed E-state index contributed by atoms with van der Waals surface area (Å²) < 4.78 is 11.0. The summed E-state index contributed by atoms with van der Waals surface area (Å²) in [6, 6.07) is 4.51. The zero-order chi connectivity index (χ0) is 18.4. The Morgan fingerprint density at radius 3 is 2.44 bits per heavy atom. The van der Waals surface area contributed by atoms with E-state index in [4.69, 9.17) is 9.47 Å². The van der Waals surface area contributed by atoms with Crippen LogP contribution in [0.3, 0.4) is 0 Å². The van der Waals surface area contributed by atoms with Crippen LogP contribution >= 0.6 is 0 Å². The Bertz CT molecular complexity index is 659. The summed E-state index contributed by atoms with van der Waals surface area (Å²) in [4.78, 5) is 24.8. The summed E-state index contributed by atoms with van der Waals surface area (Å²) >= 11 is 0. The second kappa shape index (κ2) is 6.33. The van der Waals surface area contributed by atoms with Crippen LogP contribution in [0.15, 0.2) is 0 Å². The van der Waals surface area contributed by atoms with E-state index in [1.54, 1.807) is 0 Å². The molecule has 3 rings (SSSR count). The van der Waals surface area contributed by atoms with Gasteiger partial charge in [0.1, 0.15) is 6.10 Å². The van der Waals surface area contributed by atoms with Gasteiger partial charge < -0.3 is 9.47 Å². The van der Waals surface area contributed by atoms with Crippen molar-refractivity contribution in [1.82, 2.24) is 0 Å². The van der Waals surface area contributed by atoms with Gasteiger partial charge in [-0.1, -0.05) is 6.92 Å². The lowest BCUT2D eigenvalue weighted by atomic mass is 9.68. The number of carbonyl (C=O) groups is 2. The Morgan fingerprint density at radius 1 is 1.28 bits per heavy atom. The first-order valence-electron chi connectivity index (χ1n) is 9.02. The van der Waals surface area contributed by atoms with Crippen LogP contribution in [0.4, 0.5) is 0 Å². The van der Waals surface area contributed by atoms with Crippen molar-refractivity contribution in [3.63, 3.8) is 0 Å². The normalized spacial score (nSPS) is 39.6. The van der Waals surface area contributed by atoms with Gasteiger partial charge in [-0.2, -0.15) is 10.5 Å². The van der Waals surface area contributed by atoms with Crippen molar-refractivity contribution in [2.24, 2.45) is 40.9 Å². The SMILES string of the molecule is CCC(C)(C)C(=O)OC1C2CC(C(C#N)C2C#N)C1C1CCOC1=O. The molecule has 3 aliphatic rings. The average molecular weight is 344 g/mol. The molecular formula is C19H24N2O4. The van der Waals surface area contributed by atoms with Gasteiger partial charge in [0.25, 0.3) is 0 Å². The van der Waals surface area contributed by atoms with E-state index in [9.17, 15) is 20.1 Å². The van der Waals surface area contributed by atoms with E-state index < -0.39 is 23.4 Å². The van der Waals surface area contributed by atoms with Crippen molar-refractivity contribution < 1.29 is 19.1 Å². The fourth-order valence-corrected chi connectivity index (χ4v) is 4.74. The maximum Gasteiger partial charge on any atom is 0.311 e. The number of carbonyl (C=O) groups excluding carboxylic acids is 2. The van der Waals surface area contributed by atoms with Crippen LogP contribution in [-0.2, 0) is 19.1 Å². The number of nitrogens with zero attached hydrogens (tertiary/aromatic N) is 2. The average Bonchev–Trinajstić information content (AvgIpc) is 3.26. The molecule has 1 heterocycles. The summed E-state index contributed by atoms with van der Waals surface area (Å²) in [5, 5.41) is 19.0. The van der Waals surface area contributed by atoms with Gasteiger partial charge in [0, 0.05) is 11.8 Å². The number of cyclic esters (lactones) is 1. The Balaban J connectivity index is 1.91. The standard InChI is InChI=1S/C19H24N2O4/c1-4-19(2,3)18(23)25-16-12-7-11(13(8-20)14(12)9-21)15(16)10-5-6-24-17(10)22/h10-16H,4-7H2,1-3H3. The van der Waals surface area contributed by atoms with Crippen LogP contribution < -0.4 is 0 Å². The largest absolute Gasteiger partial charge is 0.465 e. The molecule has 7 atom stereocenters. The molecule has 25 heavy (non-hydrogen) atoms. The third-order valence-electron chi connectivity index (χ3n) is 6.57. The maximum atomic E-state index is 12.6. The fraction of sp³-hybridized carbons (Fsp3) is 0.789. The summed E-state index contributed by atoms with van der Waals surface area (Å²) in [6.07, 6.45) is 1.42. The summed E-state index contributed by atoms with van der Waals surface area (Å²) in [7, 11) is 0. The van der Waals surface area contributed by atoms with Crippen molar-refractivity contribution in [1.29, 1.82) is 10.5 Å². The van der Waals surface area contributed by atoms with Crippen molar-refractivity contribution >= 4 is 11.9 Å². The van der Waals surface area contributed by atoms with Gasteiger partial charge in [-0.3, -0.25) is 9.59 Å². The Morgan fingerprint density at radius 2 is 1.92 bits per heavy atom. The molecule has 1 aliphatic heterocycles. The molecule has 134 valence electrons. The molecule has 3 fully saturated rings. The van der Waals surface area contributed by atoms with Crippen LogP contribution in [-0.4, -0.2) is 24.6 Å². The van der Waals surface area contributed by atoms with Crippen LogP contribution in [0, 0.1) is 63.6 Å². The van der Waals surface area contributed by atoms with Gasteiger partial charge >= 0.3 is 11.9 Å². The van der Waals surface area contributed by atoms with Crippen molar-refractivity contribution in [3.05, 3.63) is 0 Å². The van der Waals surface area contributed by atoms with E-state index in [1.807, 2.05) is 20.8 Å². The van der Waals surface area contributed by atoms with E-state index in [2.05, 4.69) is 12.1 Å². The minimum atomic E-state index is -0.612. The van der Waals surface area contributed by atoms with Crippen LogP contribution in [0.2, 0.25) is 0 Å². The Labute approximate surface area is 148 Å². The van der Waals surface area contributed by atoms with Crippen molar-refractivity contribution in [3.8, 4) is 12.1 Å². The predicted molar refractivity (Wildman–Crippen MR) is 86.3 cm³/mol. The maximum absolute atomic E-state index is 12.6. The first-order chi connectivity index (χ1) is 11.9. The first kappa shape index (κ1) is 17.7. The zero-order valence-corrected chi connectivity index (χ0v) is 14.9. The lowest BCUT2D eigenvalue weighted by Crippen LogP contribution is -2.46. The highest BCUT2D eigenvalue weighted by atomic mass is 16.6. The highest BCUT2D eigenvalue weighted by molar-refractivity contribution is 5.77. The van der Waals surface area contributed by atoms with Crippen molar-refractivity contribution in [2.75, 3.05) is 6.61 Å². The number of fused-ring (bicyclic) bond motifs is 2. The lowest BCUT2D eigenvalue weighted by molar-refractivity contribution is -0.170. The van der Waals surface area contributed by atoms with Gasteiger partial charge in [-0.25, -0.2) is 0 Å². The number of ether oxygens (including phenoxy) is 2. The molecule has 7 unspecified atom stereocenters. The van der Waals surface area contributed by atoms with Gasteiger partial charge in [-0.05, 0) is 39.0 Å². The van der Waals surface area contributed by atoms with Gasteiger partial charge in [0.15, 0.2) is 0 Å². The highest BCUT2D eigenvalue weighted by Crippen LogP contribution is 2.59. The molecule has 2 aliphatic carbocycles. The summed E-state index contributed by atoms with van der Waals surface area (Å²) in [5.41, 5.74) is -0.612. The fourth-order valence-electron chi connectivity index (χ4n) is 4.74. The quantitative estimate of drug-likeness (QED) is 0.726. The molecule has 0 aromatic heterocycles. The van der Waals surface area contributed by atoms with Crippen molar-refractivity contribution in [2.45, 2.75) is 46.1 Å². The van der Waals surface area contributed by atoms with E-state index in [0.29, 0.717) is 25.9 Å². The third kappa shape index (κ3) is 2.68. The van der Waals surface area contributed by atoms with E-state index in [0.717, 1.165) is 0 Å². The molecule has 6 heteroatoms. The number of hydrogen-bond donors (Lipinski definition) is 0. The number of hydrogen-bond acceptors (Lipinski definition) is 6. The molecule has 2 saturated carbocycles. The van der Waals surface area contributed by atoms with Crippen LogP contribution in [0.1, 0.15) is 40.0 Å². The number of rotatable bonds is 4. The predicted octanol–water partition coefficient (Wildman–Crippen LogP) is 2.44.